The molecule has 1 amide bonds. The fourth-order valence-electron chi connectivity index (χ4n) is 1.90. The van der Waals surface area contributed by atoms with Gasteiger partial charge < -0.3 is 5.32 Å². The number of rotatable bonds is 5. The van der Waals surface area contributed by atoms with Gasteiger partial charge in [0.25, 0.3) is 0 Å². The third kappa shape index (κ3) is 4.49. The number of nitrogens with one attached hydrogen (secondary N) is 2. The monoisotopic (exact) mass is 252 g/mol. The second-order valence-corrected chi connectivity index (χ2v) is 5.66. The van der Waals surface area contributed by atoms with Gasteiger partial charge in [-0.3, -0.25) is 14.8 Å². The summed E-state index contributed by atoms with van der Waals surface area (Å²) in [7, 11) is 1.96. The summed E-state index contributed by atoms with van der Waals surface area (Å²) >= 11 is 0. The van der Waals surface area contributed by atoms with Crippen molar-refractivity contribution < 1.29 is 4.79 Å². The molecule has 0 unspecified atom stereocenters. The first-order valence-electron chi connectivity index (χ1n) is 6.34. The van der Waals surface area contributed by atoms with E-state index in [1.54, 1.807) is 6.20 Å². The van der Waals surface area contributed by atoms with E-state index in [4.69, 9.17) is 0 Å². The number of hydrogen-bond donors (Lipinski definition) is 2. The molecule has 0 saturated carbocycles. The lowest BCUT2D eigenvalue weighted by molar-refractivity contribution is -0.127. The van der Waals surface area contributed by atoms with Crippen molar-refractivity contribution in [2.45, 2.75) is 52.2 Å². The predicted octanol–water partition coefficient (Wildman–Crippen LogP) is 1.53. The molecule has 0 aliphatic rings. The topological polar surface area (TPSA) is 61.0 Å². The number of amides is 1. The van der Waals surface area contributed by atoms with Crippen molar-refractivity contribution >= 4 is 5.91 Å². The Kier molecular flexibility index (Phi) is 4.90. The maximum atomic E-state index is 12.2. The third-order valence-electron chi connectivity index (χ3n) is 2.70. The third-order valence-corrected chi connectivity index (χ3v) is 2.70. The molecular weight excluding hydrogens is 228 g/mol. The van der Waals surface area contributed by atoms with E-state index in [9.17, 15) is 4.79 Å². The van der Waals surface area contributed by atoms with Gasteiger partial charge in [0.05, 0.1) is 6.04 Å². The zero-order valence-electron chi connectivity index (χ0n) is 11.9. The summed E-state index contributed by atoms with van der Waals surface area (Å²) in [5.74, 6) is 0.0759. The van der Waals surface area contributed by atoms with E-state index in [2.05, 4.69) is 15.5 Å². The summed E-state index contributed by atoms with van der Waals surface area (Å²) in [6.07, 6.45) is 2.51. The Hall–Kier alpha value is -1.36. The Balaban J connectivity index is 2.62. The molecule has 2 N–H and O–H groups in total. The molecule has 0 aromatic carbocycles. The largest absolute Gasteiger partial charge is 0.350 e. The highest BCUT2D eigenvalue weighted by molar-refractivity contribution is 5.82. The molecule has 1 aromatic rings. The van der Waals surface area contributed by atoms with Gasteiger partial charge in [0.1, 0.15) is 0 Å². The summed E-state index contributed by atoms with van der Waals surface area (Å²) in [6.45, 7) is 8.69. The van der Waals surface area contributed by atoms with E-state index in [-0.39, 0.29) is 17.5 Å². The van der Waals surface area contributed by atoms with E-state index in [1.165, 1.54) is 0 Å². The number of aromatic amines is 1. The Morgan fingerprint density at radius 2 is 2.22 bits per heavy atom. The standard InChI is InChI=1S/C13H24N4O/c1-6-11(12(18)15-13(2,3)4)17(5)9-10-7-8-14-16-10/h7-8,11H,6,9H2,1-5H3,(H,14,16)(H,15,18)/t11-/m1/s1. The molecule has 1 atom stereocenters. The summed E-state index contributed by atoms with van der Waals surface area (Å²) in [5, 5.41) is 9.85. The predicted molar refractivity (Wildman–Crippen MR) is 72.0 cm³/mol. The van der Waals surface area contributed by atoms with Crippen molar-refractivity contribution in [3.63, 3.8) is 0 Å². The smallest absolute Gasteiger partial charge is 0.237 e. The molecule has 0 spiro atoms. The van der Waals surface area contributed by atoms with Gasteiger partial charge in [-0.15, -0.1) is 0 Å². The van der Waals surface area contributed by atoms with Crippen LogP contribution in [0.5, 0.6) is 0 Å². The van der Waals surface area contributed by atoms with E-state index >= 15 is 0 Å². The van der Waals surface area contributed by atoms with Gasteiger partial charge in [-0.2, -0.15) is 5.10 Å². The SMILES string of the molecule is CC[C@H](C(=O)NC(C)(C)C)N(C)Cc1ccn[nH]1. The van der Waals surface area contributed by atoms with Crippen molar-refractivity contribution in [2.75, 3.05) is 7.05 Å². The lowest BCUT2D eigenvalue weighted by Crippen LogP contribution is -2.50. The lowest BCUT2D eigenvalue weighted by Gasteiger charge is -2.29. The molecular formula is C13H24N4O. The quantitative estimate of drug-likeness (QED) is 0.835. The molecule has 0 fully saturated rings. The van der Waals surface area contributed by atoms with Crippen LogP contribution in [0.4, 0.5) is 0 Å². The minimum Gasteiger partial charge on any atom is -0.350 e. The number of nitrogens with zero attached hydrogens (tertiary/aromatic N) is 2. The Bertz CT molecular complexity index is 367. The van der Waals surface area contributed by atoms with Crippen LogP contribution in [-0.2, 0) is 11.3 Å². The van der Waals surface area contributed by atoms with Gasteiger partial charge >= 0.3 is 0 Å². The van der Waals surface area contributed by atoms with Crippen LogP contribution >= 0.6 is 0 Å². The van der Waals surface area contributed by atoms with Crippen molar-refractivity contribution in [1.82, 2.24) is 20.4 Å². The number of likely N-dealkylation sites (N-methyl/N-ethyl adjacent to an activating group) is 1. The number of carbonyl (C=O) groups is 1. The molecule has 102 valence electrons. The number of hydrogen-bond acceptors (Lipinski definition) is 3. The molecule has 0 saturated heterocycles. The van der Waals surface area contributed by atoms with Crippen LogP contribution in [0.25, 0.3) is 0 Å². The van der Waals surface area contributed by atoms with Crippen molar-refractivity contribution in [1.29, 1.82) is 0 Å². The first kappa shape index (κ1) is 14.7. The molecule has 5 heteroatoms. The minimum absolute atomic E-state index is 0.0759. The second kappa shape index (κ2) is 6.00. The molecule has 0 radical (unpaired) electrons. The number of H-pyrrole nitrogens is 1. The molecule has 1 aromatic heterocycles. The van der Waals surface area contributed by atoms with E-state index < -0.39 is 0 Å². The summed E-state index contributed by atoms with van der Waals surface area (Å²) in [4.78, 5) is 14.2. The molecule has 1 rings (SSSR count). The molecule has 5 nitrogen and oxygen atoms in total. The fraction of sp³-hybridized carbons (Fsp3) is 0.692. The Morgan fingerprint density at radius 1 is 1.56 bits per heavy atom. The highest BCUT2D eigenvalue weighted by Crippen LogP contribution is 2.09. The van der Waals surface area contributed by atoms with Crippen LogP contribution in [0.2, 0.25) is 0 Å². The maximum Gasteiger partial charge on any atom is 0.237 e. The average Bonchev–Trinajstić information content (AvgIpc) is 2.68. The van der Waals surface area contributed by atoms with Gasteiger partial charge in [-0.05, 0) is 40.3 Å². The van der Waals surface area contributed by atoms with E-state index in [0.717, 1.165) is 12.1 Å². The van der Waals surface area contributed by atoms with Crippen LogP contribution in [-0.4, -0.2) is 39.6 Å². The van der Waals surface area contributed by atoms with Crippen LogP contribution < -0.4 is 5.32 Å². The second-order valence-electron chi connectivity index (χ2n) is 5.66. The van der Waals surface area contributed by atoms with Gasteiger partial charge in [-0.25, -0.2) is 0 Å². The lowest BCUT2D eigenvalue weighted by atomic mass is 10.1. The Morgan fingerprint density at radius 3 is 2.67 bits per heavy atom. The van der Waals surface area contributed by atoms with Crippen LogP contribution in [0, 0.1) is 0 Å². The number of carbonyl (C=O) groups excluding carboxylic acids is 1. The van der Waals surface area contributed by atoms with E-state index in [1.807, 2.05) is 45.7 Å². The molecule has 1 heterocycles. The van der Waals surface area contributed by atoms with Crippen LogP contribution in [0.15, 0.2) is 12.3 Å². The van der Waals surface area contributed by atoms with Crippen LogP contribution in [0.3, 0.4) is 0 Å². The zero-order valence-corrected chi connectivity index (χ0v) is 11.9. The van der Waals surface area contributed by atoms with Crippen molar-refractivity contribution in [2.24, 2.45) is 0 Å². The fourth-order valence-corrected chi connectivity index (χ4v) is 1.90. The van der Waals surface area contributed by atoms with Gasteiger partial charge in [0.2, 0.25) is 5.91 Å². The first-order chi connectivity index (χ1) is 8.33. The van der Waals surface area contributed by atoms with Gasteiger partial charge in [-0.1, -0.05) is 6.92 Å². The highest BCUT2D eigenvalue weighted by atomic mass is 16.2. The van der Waals surface area contributed by atoms with Crippen molar-refractivity contribution in [3.8, 4) is 0 Å². The van der Waals surface area contributed by atoms with Gasteiger partial charge in [0, 0.05) is 24.0 Å². The summed E-state index contributed by atoms with van der Waals surface area (Å²) in [5.41, 5.74) is 0.818. The van der Waals surface area contributed by atoms with Crippen LogP contribution in [0.1, 0.15) is 39.8 Å². The first-order valence-corrected chi connectivity index (χ1v) is 6.34. The molecule has 0 aliphatic carbocycles. The normalized spacial score (nSPS) is 13.7. The number of aromatic nitrogens is 2. The summed E-state index contributed by atoms with van der Waals surface area (Å²) in [6, 6.07) is 1.80. The highest BCUT2D eigenvalue weighted by Gasteiger charge is 2.24. The average molecular weight is 252 g/mol. The molecule has 18 heavy (non-hydrogen) atoms. The minimum atomic E-state index is -0.195. The van der Waals surface area contributed by atoms with Gasteiger partial charge in [0.15, 0.2) is 0 Å². The van der Waals surface area contributed by atoms with Crippen molar-refractivity contribution in [3.05, 3.63) is 18.0 Å². The molecule has 0 bridgehead atoms. The molecule has 0 aliphatic heterocycles. The maximum absolute atomic E-state index is 12.2. The summed E-state index contributed by atoms with van der Waals surface area (Å²) < 4.78 is 0. The van der Waals surface area contributed by atoms with E-state index in [0.29, 0.717) is 6.54 Å². The Labute approximate surface area is 109 Å². The zero-order chi connectivity index (χ0) is 13.8.